The van der Waals surface area contributed by atoms with Crippen molar-refractivity contribution < 1.29 is 27.5 Å². The number of nitrogens with zero attached hydrogens (tertiary/aromatic N) is 5. The molecule has 1 saturated heterocycles. The van der Waals surface area contributed by atoms with Gasteiger partial charge in [0, 0.05) is 44.3 Å². The summed E-state index contributed by atoms with van der Waals surface area (Å²) in [6.07, 6.45) is 1.70. The Labute approximate surface area is 197 Å². The molecule has 1 aromatic heterocycles. The summed E-state index contributed by atoms with van der Waals surface area (Å²) in [5.41, 5.74) is 1.31. The number of esters is 2. The van der Waals surface area contributed by atoms with Crippen molar-refractivity contribution in [1.82, 2.24) is 24.2 Å². The van der Waals surface area contributed by atoms with Gasteiger partial charge in [0.2, 0.25) is 10.0 Å². The maximum atomic E-state index is 13.1. The van der Waals surface area contributed by atoms with E-state index in [9.17, 15) is 18.0 Å². The first kappa shape index (κ1) is 25.1. The highest BCUT2D eigenvalue weighted by molar-refractivity contribution is 7.89. The molecule has 1 aliphatic rings. The summed E-state index contributed by atoms with van der Waals surface area (Å²) >= 11 is 5.93. The molecule has 1 aromatic carbocycles. The maximum Gasteiger partial charge on any atom is 0.325 e. The summed E-state index contributed by atoms with van der Waals surface area (Å²) in [7, 11) is -2.51. The number of hydrogen-bond acceptors (Lipinski definition) is 9. The molecule has 1 atom stereocenters. The lowest BCUT2D eigenvalue weighted by Gasteiger charge is -2.28. The third-order valence-corrected chi connectivity index (χ3v) is 7.17. The van der Waals surface area contributed by atoms with E-state index in [1.54, 1.807) is 30.5 Å². The zero-order valence-corrected chi connectivity index (χ0v) is 20.0. The number of aromatic nitrogens is 3. The topological polar surface area (TPSA) is 124 Å². The number of benzene rings is 1. The quantitative estimate of drug-likeness (QED) is 0.482. The Morgan fingerprint density at radius 3 is 2.61 bits per heavy atom. The molecule has 0 spiro atoms. The van der Waals surface area contributed by atoms with Crippen LogP contribution >= 0.6 is 11.6 Å². The van der Waals surface area contributed by atoms with E-state index in [0.717, 1.165) is 0 Å². The second-order valence-electron chi connectivity index (χ2n) is 7.57. The molecule has 1 fully saturated rings. The van der Waals surface area contributed by atoms with Gasteiger partial charge in [-0.15, -0.1) is 5.10 Å². The van der Waals surface area contributed by atoms with Crippen molar-refractivity contribution in [1.29, 1.82) is 0 Å². The van der Waals surface area contributed by atoms with Gasteiger partial charge in [0.25, 0.3) is 0 Å². The largest absolute Gasteiger partial charge is 0.468 e. The van der Waals surface area contributed by atoms with Crippen LogP contribution in [0.15, 0.2) is 30.5 Å². The molecule has 11 nitrogen and oxygen atoms in total. The van der Waals surface area contributed by atoms with Gasteiger partial charge in [-0.3, -0.25) is 14.5 Å². The lowest BCUT2D eigenvalue weighted by molar-refractivity contribution is -0.146. The Kier molecular flexibility index (Phi) is 8.40. The fraction of sp³-hybridized carbons (Fsp3) is 0.500. The minimum absolute atomic E-state index is 0.0272. The summed E-state index contributed by atoms with van der Waals surface area (Å²) in [4.78, 5) is 25.3. The Morgan fingerprint density at radius 2 is 1.94 bits per heavy atom. The minimum atomic E-state index is -3.74. The van der Waals surface area contributed by atoms with Crippen molar-refractivity contribution in [3.8, 4) is 0 Å². The number of carbonyl (C=O) groups is 2. The van der Waals surface area contributed by atoms with Gasteiger partial charge in [-0.2, -0.15) is 4.31 Å². The lowest BCUT2D eigenvalue weighted by Crippen LogP contribution is -2.48. The zero-order valence-electron chi connectivity index (χ0n) is 18.4. The minimum Gasteiger partial charge on any atom is -0.468 e. The van der Waals surface area contributed by atoms with E-state index < -0.39 is 22.0 Å². The van der Waals surface area contributed by atoms with Gasteiger partial charge in [-0.25, -0.2) is 13.1 Å². The van der Waals surface area contributed by atoms with E-state index in [1.165, 1.54) is 23.0 Å². The van der Waals surface area contributed by atoms with Crippen LogP contribution in [-0.4, -0.2) is 83.2 Å². The van der Waals surface area contributed by atoms with Crippen molar-refractivity contribution in [2.75, 3.05) is 32.6 Å². The molecule has 13 heteroatoms. The molecule has 1 unspecified atom stereocenters. The third-order valence-electron chi connectivity index (χ3n) is 5.12. The predicted octanol–water partition coefficient (Wildman–Crippen LogP) is 0.684. The summed E-state index contributed by atoms with van der Waals surface area (Å²) in [6, 6.07) is 5.78. The molecule has 0 bridgehead atoms. The van der Waals surface area contributed by atoms with Crippen molar-refractivity contribution in [2.24, 2.45) is 0 Å². The average molecular weight is 500 g/mol. The first-order valence-electron chi connectivity index (χ1n) is 10.2. The summed E-state index contributed by atoms with van der Waals surface area (Å²) in [5, 5.41) is 8.63. The molecule has 0 radical (unpaired) electrons. The molecule has 180 valence electrons. The van der Waals surface area contributed by atoms with Crippen LogP contribution in [0.25, 0.3) is 0 Å². The number of sulfonamides is 1. The van der Waals surface area contributed by atoms with Crippen LogP contribution in [0, 0.1) is 0 Å². The van der Waals surface area contributed by atoms with E-state index in [-0.39, 0.29) is 38.0 Å². The van der Waals surface area contributed by atoms with Crippen LogP contribution in [0.2, 0.25) is 5.02 Å². The van der Waals surface area contributed by atoms with Gasteiger partial charge < -0.3 is 9.47 Å². The van der Waals surface area contributed by atoms with Crippen LogP contribution in [0.1, 0.15) is 18.2 Å². The average Bonchev–Trinajstić information content (AvgIpc) is 3.17. The van der Waals surface area contributed by atoms with Crippen molar-refractivity contribution >= 4 is 33.6 Å². The van der Waals surface area contributed by atoms with Crippen LogP contribution < -0.4 is 0 Å². The van der Waals surface area contributed by atoms with Gasteiger partial charge in [0.05, 0.1) is 25.1 Å². The summed E-state index contributed by atoms with van der Waals surface area (Å²) < 4.78 is 38.7. The van der Waals surface area contributed by atoms with Crippen LogP contribution in [-0.2, 0) is 48.7 Å². The van der Waals surface area contributed by atoms with E-state index in [1.807, 2.05) is 4.90 Å². The Balaban J connectivity index is 1.75. The molecule has 3 rings (SSSR count). The van der Waals surface area contributed by atoms with E-state index in [2.05, 4.69) is 10.3 Å². The van der Waals surface area contributed by atoms with E-state index in [0.29, 0.717) is 29.4 Å². The smallest absolute Gasteiger partial charge is 0.325 e. The first-order valence-corrected chi connectivity index (χ1v) is 12.2. The van der Waals surface area contributed by atoms with Crippen molar-refractivity contribution in [2.45, 2.75) is 32.6 Å². The molecule has 2 heterocycles. The molecule has 0 saturated carbocycles. The van der Waals surface area contributed by atoms with E-state index >= 15 is 0 Å². The normalized spacial score (nSPS) is 19.1. The number of rotatable bonds is 8. The number of carbonyl (C=O) groups excluding carboxylic acids is 2. The molecule has 0 amide bonds. The SMILES string of the molecule is COC(=O)C1CN(Cc2cn(CCOC(C)=O)nn2)CCS(=O)(=O)N1Cc1ccc(Cl)cc1. The van der Waals surface area contributed by atoms with Crippen molar-refractivity contribution in [3.05, 3.63) is 46.7 Å². The van der Waals surface area contributed by atoms with Crippen LogP contribution in [0.4, 0.5) is 0 Å². The number of ether oxygens (including phenoxy) is 2. The van der Waals surface area contributed by atoms with Gasteiger partial charge >= 0.3 is 11.9 Å². The molecule has 2 aromatic rings. The van der Waals surface area contributed by atoms with Crippen LogP contribution in [0.5, 0.6) is 0 Å². The highest BCUT2D eigenvalue weighted by Crippen LogP contribution is 2.21. The molecular weight excluding hydrogens is 474 g/mol. The Hall–Kier alpha value is -2.54. The second-order valence-corrected chi connectivity index (χ2v) is 10.1. The molecular formula is C20H26ClN5O6S. The van der Waals surface area contributed by atoms with Gasteiger partial charge in [0.1, 0.15) is 12.6 Å². The highest BCUT2D eigenvalue weighted by Gasteiger charge is 2.39. The zero-order chi connectivity index (χ0) is 24.0. The van der Waals surface area contributed by atoms with Gasteiger partial charge in [0.15, 0.2) is 0 Å². The Morgan fingerprint density at radius 1 is 1.21 bits per heavy atom. The first-order chi connectivity index (χ1) is 15.7. The predicted molar refractivity (Wildman–Crippen MR) is 119 cm³/mol. The van der Waals surface area contributed by atoms with Crippen LogP contribution in [0.3, 0.4) is 0 Å². The number of hydrogen-bond donors (Lipinski definition) is 0. The molecule has 33 heavy (non-hydrogen) atoms. The number of halogens is 1. The summed E-state index contributed by atoms with van der Waals surface area (Å²) in [6.45, 7) is 2.52. The maximum absolute atomic E-state index is 13.1. The second kappa shape index (κ2) is 11.1. The molecule has 0 N–H and O–H groups in total. The highest BCUT2D eigenvalue weighted by atomic mass is 35.5. The van der Waals surface area contributed by atoms with E-state index in [4.69, 9.17) is 21.1 Å². The summed E-state index contributed by atoms with van der Waals surface area (Å²) in [5.74, 6) is -1.17. The van der Waals surface area contributed by atoms with Gasteiger partial charge in [-0.1, -0.05) is 28.9 Å². The molecule has 1 aliphatic heterocycles. The Bertz CT molecular complexity index is 1070. The monoisotopic (exact) mass is 499 g/mol. The fourth-order valence-corrected chi connectivity index (χ4v) is 5.20. The third kappa shape index (κ3) is 6.97. The van der Waals surface area contributed by atoms with Gasteiger partial charge in [-0.05, 0) is 17.7 Å². The molecule has 0 aliphatic carbocycles. The standard InChI is InChI=1S/C20H26ClN5O6S/c1-15(27)32-9-7-25-13-18(22-23-25)12-24-8-10-33(29,30)26(19(14-24)20(28)31-2)11-16-3-5-17(21)6-4-16/h3-6,13,19H,7-12,14H2,1-2H3. The lowest BCUT2D eigenvalue weighted by atomic mass is 10.2. The van der Waals surface area contributed by atoms with Crippen molar-refractivity contribution in [3.63, 3.8) is 0 Å². The number of methoxy groups -OCH3 is 1. The fourth-order valence-electron chi connectivity index (χ4n) is 3.46.